The highest BCUT2D eigenvalue weighted by Crippen LogP contribution is 2.36. The summed E-state index contributed by atoms with van der Waals surface area (Å²) in [5.41, 5.74) is 2.46. The first kappa shape index (κ1) is 21.3. The van der Waals surface area contributed by atoms with Crippen molar-refractivity contribution in [1.29, 1.82) is 0 Å². The van der Waals surface area contributed by atoms with E-state index in [-0.39, 0.29) is 18.8 Å². The lowest BCUT2D eigenvalue weighted by molar-refractivity contribution is -0.138. The number of carbonyl (C=O) groups excluding carboxylic acids is 1. The Hall–Kier alpha value is -3.90. The molecule has 0 atom stereocenters. The van der Waals surface area contributed by atoms with Crippen molar-refractivity contribution in [3.63, 3.8) is 0 Å². The molecule has 4 rings (SSSR count). The highest BCUT2D eigenvalue weighted by molar-refractivity contribution is 7.18. The van der Waals surface area contributed by atoms with E-state index in [0.717, 1.165) is 37.7 Å². The molecule has 0 spiro atoms. The Bertz CT molecular complexity index is 1290. The number of carboxylic acid groups (broad SMARTS) is 1. The lowest BCUT2D eigenvalue weighted by atomic mass is 10.0. The largest absolute Gasteiger partial charge is 0.490 e. The van der Waals surface area contributed by atoms with Crippen molar-refractivity contribution in [2.75, 3.05) is 13.2 Å². The number of esters is 1. The van der Waals surface area contributed by atoms with Crippen molar-refractivity contribution in [3.05, 3.63) is 91.0 Å². The predicted octanol–water partition coefficient (Wildman–Crippen LogP) is 6.04. The fourth-order valence-electron chi connectivity index (χ4n) is 3.26. The highest BCUT2D eigenvalue weighted by atomic mass is 32.1. The van der Waals surface area contributed by atoms with E-state index in [2.05, 4.69) is 24.8 Å². The molecule has 4 aromatic rings. The molecule has 0 unspecified atom stereocenters. The monoisotopic (exact) mass is 444 g/mol. The topological polar surface area (TPSA) is 72.8 Å². The summed E-state index contributed by atoms with van der Waals surface area (Å²) in [5.74, 6) is -0.685. The molecule has 160 valence electrons. The summed E-state index contributed by atoms with van der Waals surface area (Å²) in [6, 6.07) is 23.1. The molecule has 1 aromatic heterocycles. The SMILES string of the molecule is C=CC(=O)OCCOc1ccc(-c2ccc(-c3ccc4cc(C(=O)O)ccc4c3)s2)cc1. The second kappa shape index (κ2) is 9.49. The summed E-state index contributed by atoms with van der Waals surface area (Å²) >= 11 is 1.69. The molecule has 1 N–H and O–H groups in total. The van der Waals surface area contributed by atoms with Gasteiger partial charge in [-0.2, -0.15) is 0 Å². The lowest BCUT2D eigenvalue weighted by Crippen LogP contribution is -2.10. The molecule has 0 aliphatic heterocycles. The lowest BCUT2D eigenvalue weighted by Gasteiger charge is -2.07. The van der Waals surface area contributed by atoms with E-state index in [0.29, 0.717) is 5.75 Å². The molecule has 6 heteroatoms. The van der Waals surface area contributed by atoms with Crippen molar-refractivity contribution in [2.45, 2.75) is 0 Å². The molecule has 0 saturated carbocycles. The van der Waals surface area contributed by atoms with Crippen LogP contribution in [-0.2, 0) is 9.53 Å². The number of carboxylic acids is 1. The molecular formula is C26H20O5S. The summed E-state index contributed by atoms with van der Waals surface area (Å²) in [4.78, 5) is 24.4. The van der Waals surface area contributed by atoms with E-state index in [1.54, 1.807) is 23.5 Å². The molecule has 5 nitrogen and oxygen atoms in total. The Morgan fingerprint density at radius 2 is 1.50 bits per heavy atom. The number of fused-ring (bicyclic) bond motifs is 1. The van der Waals surface area contributed by atoms with E-state index in [9.17, 15) is 9.59 Å². The maximum absolute atomic E-state index is 11.2. The summed E-state index contributed by atoms with van der Waals surface area (Å²) in [6.45, 7) is 3.79. The summed E-state index contributed by atoms with van der Waals surface area (Å²) in [6.07, 6.45) is 1.12. The van der Waals surface area contributed by atoms with Crippen molar-refractivity contribution in [3.8, 4) is 26.6 Å². The number of thiophene rings is 1. The molecule has 0 radical (unpaired) electrons. The van der Waals surface area contributed by atoms with Crippen LogP contribution in [0.3, 0.4) is 0 Å². The van der Waals surface area contributed by atoms with Gasteiger partial charge in [0, 0.05) is 15.8 Å². The number of aromatic carboxylic acids is 1. The Morgan fingerprint density at radius 3 is 2.22 bits per heavy atom. The van der Waals surface area contributed by atoms with Crippen molar-refractivity contribution in [2.24, 2.45) is 0 Å². The quantitative estimate of drug-likeness (QED) is 0.204. The third kappa shape index (κ3) is 4.87. The van der Waals surface area contributed by atoms with Gasteiger partial charge in [-0.1, -0.05) is 24.8 Å². The summed E-state index contributed by atoms with van der Waals surface area (Å²) < 4.78 is 10.5. The van der Waals surface area contributed by atoms with E-state index < -0.39 is 11.9 Å². The molecule has 0 saturated heterocycles. The van der Waals surface area contributed by atoms with Gasteiger partial charge in [0.2, 0.25) is 0 Å². The highest BCUT2D eigenvalue weighted by Gasteiger charge is 2.08. The van der Waals surface area contributed by atoms with Gasteiger partial charge in [0.05, 0.1) is 5.56 Å². The molecule has 0 bridgehead atoms. The average molecular weight is 445 g/mol. The van der Waals surface area contributed by atoms with Crippen LogP contribution in [0.4, 0.5) is 0 Å². The molecule has 1 heterocycles. The molecule has 32 heavy (non-hydrogen) atoms. The number of rotatable bonds is 8. The van der Waals surface area contributed by atoms with Crippen molar-refractivity contribution < 1.29 is 24.2 Å². The summed E-state index contributed by atoms with van der Waals surface area (Å²) in [7, 11) is 0. The molecule has 0 aliphatic carbocycles. The van der Waals surface area contributed by atoms with Gasteiger partial charge in [-0.25, -0.2) is 9.59 Å². The van der Waals surface area contributed by atoms with Gasteiger partial charge >= 0.3 is 11.9 Å². The second-order valence-corrected chi connectivity index (χ2v) is 8.07. The van der Waals surface area contributed by atoms with Gasteiger partial charge in [-0.3, -0.25) is 0 Å². The standard InChI is InChI=1S/C26H20O5S/c1-2-25(27)31-14-13-30-22-9-7-17(8-10-22)23-11-12-24(32-23)20-5-3-19-16-21(26(28)29)6-4-18(19)15-20/h2-12,15-16H,1,13-14H2,(H,28,29). The fraction of sp³-hybridized carbons (Fsp3) is 0.0769. The smallest absolute Gasteiger partial charge is 0.335 e. The third-order valence-corrected chi connectivity index (χ3v) is 6.06. The van der Waals surface area contributed by atoms with Gasteiger partial charge in [0.25, 0.3) is 0 Å². The minimum absolute atomic E-state index is 0.171. The van der Waals surface area contributed by atoms with Crippen LogP contribution in [-0.4, -0.2) is 30.3 Å². The molecule has 0 aliphatic rings. The predicted molar refractivity (Wildman–Crippen MR) is 126 cm³/mol. The van der Waals surface area contributed by atoms with Crippen LogP contribution in [0, 0.1) is 0 Å². The first-order chi connectivity index (χ1) is 15.5. The normalized spacial score (nSPS) is 10.6. The number of ether oxygens (including phenoxy) is 2. The zero-order valence-electron chi connectivity index (χ0n) is 17.1. The van der Waals surface area contributed by atoms with Crippen LogP contribution in [0.25, 0.3) is 31.7 Å². The average Bonchev–Trinajstić information content (AvgIpc) is 3.31. The Kier molecular flexibility index (Phi) is 6.33. The Morgan fingerprint density at radius 1 is 0.844 bits per heavy atom. The van der Waals surface area contributed by atoms with Gasteiger partial charge in [-0.15, -0.1) is 11.3 Å². The zero-order chi connectivity index (χ0) is 22.5. The molecule has 0 fully saturated rings. The van der Waals surface area contributed by atoms with Gasteiger partial charge in [0.1, 0.15) is 19.0 Å². The molecule has 0 amide bonds. The van der Waals surface area contributed by atoms with Gasteiger partial charge < -0.3 is 14.6 Å². The van der Waals surface area contributed by atoms with E-state index >= 15 is 0 Å². The molecular weight excluding hydrogens is 424 g/mol. The Balaban J connectivity index is 1.45. The minimum atomic E-state index is -0.925. The van der Waals surface area contributed by atoms with Crippen molar-refractivity contribution in [1.82, 2.24) is 0 Å². The Labute approximate surface area is 189 Å². The van der Waals surface area contributed by atoms with E-state index in [1.807, 2.05) is 42.5 Å². The zero-order valence-corrected chi connectivity index (χ0v) is 17.9. The van der Waals surface area contributed by atoms with E-state index in [4.69, 9.17) is 14.6 Å². The van der Waals surface area contributed by atoms with Crippen LogP contribution < -0.4 is 4.74 Å². The summed E-state index contributed by atoms with van der Waals surface area (Å²) in [5, 5.41) is 11.1. The maximum Gasteiger partial charge on any atom is 0.335 e. The molecule has 3 aromatic carbocycles. The van der Waals surface area contributed by atoms with Crippen LogP contribution in [0.2, 0.25) is 0 Å². The fourth-order valence-corrected chi connectivity index (χ4v) is 4.26. The number of benzene rings is 3. The third-order valence-electron chi connectivity index (χ3n) is 4.88. The van der Waals surface area contributed by atoms with Gasteiger partial charge in [0.15, 0.2) is 0 Å². The van der Waals surface area contributed by atoms with Crippen LogP contribution in [0.1, 0.15) is 10.4 Å². The van der Waals surface area contributed by atoms with Gasteiger partial charge in [-0.05, 0) is 76.5 Å². The van der Waals surface area contributed by atoms with Crippen LogP contribution >= 0.6 is 11.3 Å². The maximum atomic E-state index is 11.2. The number of hydrogen-bond acceptors (Lipinski definition) is 5. The van der Waals surface area contributed by atoms with Crippen molar-refractivity contribution >= 4 is 34.0 Å². The second-order valence-electron chi connectivity index (χ2n) is 6.99. The number of hydrogen-bond donors (Lipinski definition) is 1. The first-order valence-electron chi connectivity index (χ1n) is 9.93. The minimum Gasteiger partial charge on any atom is -0.490 e. The van der Waals surface area contributed by atoms with Crippen LogP contribution in [0.5, 0.6) is 5.75 Å². The van der Waals surface area contributed by atoms with E-state index in [1.165, 1.54) is 0 Å². The van der Waals surface area contributed by atoms with Crippen LogP contribution in [0.15, 0.2) is 85.5 Å². The first-order valence-corrected chi connectivity index (χ1v) is 10.7. The number of carbonyl (C=O) groups is 2.